The summed E-state index contributed by atoms with van der Waals surface area (Å²) in [4.78, 5) is 19.5. The molecular formula is C16H19IN2O. The molecule has 1 aromatic carbocycles. The van der Waals surface area contributed by atoms with Crippen LogP contribution in [0.25, 0.3) is 0 Å². The average molecular weight is 382 g/mol. The molecule has 106 valence electrons. The zero-order valence-electron chi connectivity index (χ0n) is 12.0. The fraction of sp³-hybridized carbons (Fsp3) is 0.375. The summed E-state index contributed by atoms with van der Waals surface area (Å²) in [6, 6.07) is 8.29. The molecule has 0 aliphatic carbocycles. The van der Waals surface area contributed by atoms with E-state index < -0.39 is 0 Å². The van der Waals surface area contributed by atoms with Crippen molar-refractivity contribution in [3.63, 3.8) is 0 Å². The molecule has 20 heavy (non-hydrogen) atoms. The van der Waals surface area contributed by atoms with Crippen LogP contribution < -0.4 is 5.56 Å². The SMILES string of the molecule is Cc1cccc(Cc2nc(CC(C)C)c(I)c(=O)[nH]2)c1. The Morgan fingerprint density at radius 2 is 2.10 bits per heavy atom. The Bertz CT molecular complexity index is 662. The Morgan fingerprint density at radius 3 is 2.75 bits per heavy atom. The number of benzene rings is 1. The molecular weight excluding hydrogens is 363 g/mol. The number of nitrogens with one attached hydrogen (secondary N) is 1. The van der Waals surface area contributed by atoms with Gasteiger partial charge in [0.25, 0.3) is 5.56 Å². The van der Waals surface area contributed by atoms with Gasteiger partial charge in [-0.3, -0.25) is 4.79 Å². The second-order valence-corrected chi connectivity index (χ2v) is 6.62. The first kappa shape index (κ1) is 15.2. The van der Waals surface area contributed by atoms with Gasteiger partial charge in [-0.05, 0) is 47.4 Å². The number of rotatable bonds is 4. The van der Waals surface area contributed by atoms with Crippen LogP contribution in [0.4, 0.5) is 0 Å². The third kappa shape index (κ3) is 3.91. The highest BCUT2D eigenvalue weighted by Crippen LogP contribution is 2.13. The van der Waals surface area contributed by atoms with E-state index in [0.29, 0.717) is 15.9 Å². The molecule has 0 radical (unpaired) electrons. The summed E-state index contributed by atoms with van der Waals surface area (Å²) in [7, 11) is 0. The van der Waals surface area contributed by atoms with Gasteiger partial charge in [-0.15, -0.1) is 0 Å². The van der Waals surface area contributed by atoms with Crippen molar-refractivity contribution in [1.29, 1.82) is 0 Å². The van der Waals surface area contributed by atoms with Crippen LogP contribution in [0.3, 0.4) is 0 Å². The second kappa shape index (κ2) is 6.52. The number of halogens is 1. The van der Waals surface area contributed by atoms with Gasteiger partial charge in [0.05, 0.1) is 9.26 Å². The first-order chi connectivity index (χ1) is 9.45. The van der Waals surface area contributed by atoms with E-state index in [1.54, 1.807) is 0 Å². The second-order valence-electron chi connectivity index (χ2n) is 5.54. The maximum absolute atomic E-state index is 12.0. The van der Waals surface area contributed by atoms with Crippen LogP contribution in [0.2, 0.25) is 0 Å². The van der Waals surface area contributed by atoms with E-state index in [1.807, 2.05) is 6.07 Å². The lowest BCUT2D eigenvalue weighted by Gasteiger charge is -2.09. The van der Waals surface area contributed by atoms with E-state index in [4.69, 9.17) is 0 Å². The first-order valence-electron chi connectivity index (χ1n) is 6.79. The fourth-order valence-corrected chi connectivity index (χ4v) is 2.65. The van der Waals surface area contributed by atoms with Crippen LogP contribution in [-0.4, -0.2) is 9.97 Å². The summed E-state index contributed by atoms with van der Waals surface area (Å²) >= 11 is 2.09. The molecule has 0 aliphatic rings. The molecule has 0 atom stereocenters. The van der Waals surface area contributed by atoms with Crippen molar-refractivity contribution in [2.45, 2.75) is 33.6 Å². The maximum atomic E-state index is 12.0. The summed E-state index contributed by atoms with van der Waals surface area (Å²) in [5.74, 6) is 1.24. The van der Waals surface area contributed by atoms with Crippen LogP contribution >= 0.6 is 22.6 Å². The van der Waals surface area contributed by atoms with E-state index >= 15 is 0 Å². The third-order valence-corrected chi connectivity index (χ3v) is 4.15. The lowest BCUT2D eigenvalue weighted by molar-refractivity contribution is 0.626. The molecule has 1 heterocycles. The number of nitrogens with zero attached hydrogens (tertiary/aromatic N) is 1. The third-order valence-electron chi connectivity index (χ3n) is 3.04. The van der Waals surface area contributed by atoms with Gasteiger partial charge in [-0.2, -0.15) is 0 Å². The first-order valence-corrected chi connectivity index (χ1v) is 7.86. The molecule has 0 fully saturated rings. The predicted molar refractivity (Wildman–Crippen MR) is 90.1 cm³/mol. The van der Waals surface area contributed by atoms with Crippen LogP contribution in [0.15, 0.2) is 29.1 Å². The number of hydrogen-bond donors (Lipinski definition) is 1. The van der Waals surface area contributed by atoms with E-state index in [-0.39, 0.29) is 5.56 Å². The molecule has 0 unspecified atom stereocenters. The molecule has 1 N–H and O–H groups in total. The summed E-state index contributed by atoms with van der Waals surface area (Å²) in [5, 5.41) is 0. The summed E-state index contributed by atoms with van der Waals surface area (Å²) in [6.45, 7) is 6.34. The lowest BCUT2D eigenvalue weighted by atomic mass is 10.1. The molecule has 4 heteroatoms. The molecule has 3 nitrogen and oxygen atoms in total. The van der Waals surface area contributed by atoms with Gasteiger partial charge in [-0.25, -0.2) is 4.98 Å². The van der Waals surface area contributed by atoms with E-state index in [0.717, 1.165) is 17.9 Å². The monoisotopic (exact) mass is 382 g/mol. The Balaban J connectivity index is 2.33. The van der Waals surface area contributed by atoms with Crippen molar-refractivity contribution in [3.8, 4) is 0 Å². The maximum Gasteiger partial charge on any atom is 0.264 e. The van der Waals surface area contributed by atoms with Crippen molar-refractivity contribution < 1.29 is 0 Å². The standard InChI is InChI=1S/C16H19IN2O/c1-10(2)7-13-15(17)16(20)19-14(18-13)9-12-6-4-5-11(3)8-12/h4-6,8,10H,7,9H2,1-3H3,(H,18,19,20). The van der Waals surface area contributed by atoms with Crippen LogP contribution in [-0.2, 0) is 12.8 Å². The number of aryl methyl sites for hydroxylation is 1. The van der Waals surface area contributed by atoms with Gasteiger partial charge >= 0.3 is 0 Å². The van der Waals surface area contributed by atoms with Crippen molar-refractivity contribution >= 4 is 22.6 Å². The van der Waals surface area contributed by atoms with Crippen LogP contribution in [0.5, 0.6) is 0 Å². The molecule has 2 aromatic rings. The van der Waals surface area contributed by atoms with Crippen molar-refractivity contribution in [3.05, 3.63) is 60.8 Å². The Hall–Kier alpha value is -1.17. The highest BCUT2D eigenvalue weighted by atomic mass is 127. The predicted octanol–water partition coefficient (Wildman–Crippen LogP) is 3.47. The quantitative estimate of drug-likeness (QED) is 0.824. The molecule has 2 rings (SSSR count). The topological polar surface area (TPSA) is 45.8 Å². The van der Waals surface area contributed by atoms with Gasteiger partial charge in [0.2, 0.25) is 0 Å². The van der Waals surface area contributed by atoms with Crippen molar-refractivity contribution in [2.24, 2.45) is 5.92 Å². The number of H-pyrrole nitrogens is 1. The smallest absolute Gasteiger partial charge is 0.264 e. The summed E-state index contributed by atoms with van der Waals surface area (Å²) < 4.78 is 0.712. The molecule has 0 amide bonds. The van der Waals surface area contributed by atoms with Gasteiger partial charge in [0.1, 0.15) is 5.82 Å². The largest absolute Gasteiger partial charge is 0.309 e. The van der Waals surface area contributed by atoms with Gasteiger partial charge in [0, 0.05) is 6.42 Å². The number of aromatic amines is 1. The zero-order valence-corrected chi connectivity index (χ0v) is 14.2. The fourth-order valence-electron chi connectivity index (χ4n) is 2.18. The zero-order chi connectivity index (χ0) is 14.7. The van der Waals surface area contributed by atoms with Gasteiger partial charge < -0.3 is 4.98 Å². The average Bonchev–Trinajstić information content (AvgIpc) is 2.35. The van der Waals surface area contributed by atoms with Gasteiger partial charge in [0.15, 0.2) is 0 Å². The van der Waals surface area contributed by atoms with Crippen molar-refractivity contribution in [2.75, 3.05) is 0 Å². The van der Waals surface area contributed by atoms with Crippen molar-refractivity contribution in [1.82, 2.24) is 9.97 Å². The molecule has 0 spiro atoms. The van der Waals surface area contributed by atoms with Gasteiger partial charge in [-0.1, -0.05) is 43.7 Å². The van der Waals surface area contributed by atoms with E-state index in [1.165, 1.54) is 11.1 Å². The highest BCUT2D eigenvalue weighted by molar-refractivity contribution is 14.1. The summed E-state index contributed by atoms with van der Waals surface area (Å²) in [5.41, 5.74) is 3.27. The molecule has 0 aliphatic heterocycles. The highest BCUT2D eigenvalue weighted by Gasteiger charge is 2.11. The minimum absolute atomic E-state index is 0.0288. The molecule has 0 saturated heterocycles. The lowest BCUT2D eigenvalue weighted by Crippen LogP contribution is -2.19. The van der Waals surface area contributed by atoms with Crippen LogP contribution in [0.1, 0.15) is 36.5 Å². The van der Waals surface area contributed by atoms with E-state index in [2.05, 4.69) is 71.5 Å². The molecule has 0 bridgehead atoms. The van der Waals surface area contributed by atoms with Crippen LogP contribution in [0, 0.1) is 16.4 Å². The Labute approximate surface area is 133 Å². The Kier molecular flexibility index (Phi) is 4.96. The minimum atomic E-state index is -0.0288. The Morgan fingerprint density at radius 1 is 1.35 bits per heavy atom. The number of hydrogen-bond acceptors (Lipinski definition) is 2. The molecule has 0 saturated carbocycles. The normalized spacial score (nSPS) is 11.1. The van der Waals surface area contributed by atoms with E-state index in [9.17, 15) is 4.79 Å². The minimum Gasteiger partial charge on any atom is -0.309 e. The molecule has 1 aromatic heterocycles. The number of aromatic nitrogens is 2. The summed E-state index contributed by atoms with van der Waals surface area (Å²) in [6.07, 6.45) is 1.50.